The van der Waals surface area contributed by atoms with Gasteiger partial charge in [0.05, 0.1) is 5.02 Å². The smallest absolute Gasteiger partial charge is 0.129 e. The Balaban J connectivity index is 2.30. The molecule has 2 aromatic rings. The lowest BCUT2D eigenvalue weighted by atomic mass is 9.97. The summed E-state index contributed by atoms with van der Waals surface area (Å²) in [6.45, 7) is 4.84. The normalized spacial score (nSPS) is 12.4. The molecular weight excluding hydrogens is 353 g/mol. The average molecular weight is 371 g/mol. The van der Waals surface area contributed by atoms with E-state index in [1.54, 1.807) is 6.07 Å². The van der Waals surface area contributed by atoms with Crippen molar-refractivity contribution < 1.29 is 4.39 Å². The van der Waals surface area contributed by atoms with Gasteiger partial charge in [-0.15, -0.1) is 0 Å². The monoisotopic (exact) mass is 369 g/mol. The van der Waals surface area contributed by atoms with Gasteiger partial charge in [-0.1, -0.05) is 48.4 Å². The third-order valence-electron chi connectivity index (χ3n) is 3.43. The second kappa shape index (κ2) is 7.39. The van der Waals surface area contributed by atoms with Crippen molar-refractivity contribution in [2.75, 3.05) is 6.54 Å². The summed E-state index contributed by atoms with van der Waals surface area (Å²) >= 11 is 9.36. The first-order valence-corrected chi connectivity index (χ1v) is 8.11. The summed E-state index contributed by atoms with van der Waals surface area (Å²) in [5.41, 5.74) is 2.99. The predicted octanol–water partition coefficient (Wildman–Crippen LogP) is 5.44. The van der Waals surface area contributed by atoms with Gasteiger partial charge in [0.15, 0.2) is 0 Å². The molecule has 0 heterocycles. The van der Waals surface area contributed by atoms with Gasteiger partial charge < -0.3 is 5.32 Å². The molecule has 0 aliphatic rings. The number of benzene rings is 2. The van der Waals surface area contributed by atoms with Crippen LogP contribution in [0, 0.1) is 12.7 Å². The summed E-state index contributed by atoms with van der Waals surface area (Å²) in [7, 11) is 0. The molecule has 112 valence electrons. The Kier molecular flexibility index (Phi) is 5.80. The maximum absolute atomic E-state index is 14.2. The molecule has 1 nitrogen and oxygen atoms in total. The third kappa shape index (κ3) is 4.29. The van der Waals surface area contributed by atoms with Gasteiger partial charge >= 0.3 is 0 Å². The maximum Gasteiger partial charge on any atom is 0.129 e. The highest BCUT2D eigenvalue weighted by molar-refractivity contribution is 9.10. The van der Waals surface area contributed by atoms with Crippen molar-refractivity contribution in [2.45, 2.75) is 26.3 Å². The minimum absolute atomic E-state index is 0.0942. The maximum atomic E-state index is 14.2. The SMILES string of the molecule is CCNC(Cc1ccc(C)cc1)c1cc(Cl)c(Br)cc1F. The van der Waals surface area contributed by atoms with Crippen LogP contribution in [0.4, 0.5) is 4.39 Å². The fourth-order valence-corrected chi connectivity index (χ4v) is 2.79. The number of aryl methyl sites for hydroxylation is 1. The van der Waals surface area contributed by atoms with Crippen LogP contribution in [0.5, 0.6) is 0 Å². The molecule has 0 saturated carbocycles. The van der Waals surface area contributed by atoms with E-state index >= 15 is 0 Å². The largest absolute Gasteiger partial charge is 0.310 e. The van der Waals surface area contributed by atoms with E-state index in [0.29, 0.717) is 15.1 Å². The third-order valence-corrected chi connectivity index (χ3v) is 4.62. The summed E-state index contributed by atoms with van der Waals surface area (Å²) < 4.78 is 14.8. The molecular formula is C17H18BrClFN. The van der Waals surface area contributed by atoms with Crippen molar-refractivity contribution in [2.24, 2.45) is 0 Å². The van der Waals surface area contributed by atoms with Gasteiger partial charge in [0.25, 0.3) is 0 Å². The number of halogens is 3. The van der Waals surface area contributed by atoms with E-state index in [9.17, 15) is 4.39 Å². The van der Waals surface area contributed by atoms with Crippen LogP contribution in [0.2, 0.25) is 5.02 Å². The van der Waals surface area contributed by atoms with Crippen LogP contribution in [0.15, 0.2) is 40.9 Å². The van der Waals surface area contributed by atoms with Crippen LogP contribution in [-0.2, 0) is 6.42 Å². The van der Waals surface area contributed by atoms with E-state index in [0.717, 1.165) is 13.0 Å². The van der Waals surface area contributed by atoms with Crippen LogP contribution in [0.1, 0.15) is 29.7 Å². The minimum Gasteiger partial charge on any atom is -0.310 e. The van der Waals surface area contributed by atoms with E-state index in [1.807, 2.05) is 6.92 Å². The lowest BCUT2D eigenvalue weighted by molar-refractivity contribution is 0.509. The molecule has 2 rings (SSSR count). The predicted molar refractivity (Wildman–Crippen MR) is 90.4 cm³/mol. The molecule has 0 spiro atoms. The molecule has 0 aliphatic carbocycles. The van der Waals surface area contributed by atoms with E-state index in [2.05, 4.69) is 52.4 Å². The molecule has 0 saturated heterocycles. The van der Waals surface area contributed by atoms with Crippen molar-refractivity contribution in [3.63, 3.8) is 0 Å². The van der Waals surface area contributed by atoms with Crippen molar-refractivity contribution in [3.05, 3.63) is 68.4 Å². The minimum atomic E-state index is -0.246. The fraction of sp³-hybridized carbons (Fsp3) is 0.294. The van der Waals surface area contributed by atoms with Gasteiger partial charge in [-0.05, 0) is 53.5 Å². The molecule has 0 aromatic heterocycles. The molecule has 0 fully saturated rings. The second-order valence-corrected chi connectivity index (χ2v) is 6.35. The molecule has 4 heteroatoms. The standard InChI is InChI=1S/C17H18BrClFN/c1-3-21-17(8-12-6-4-11(2)5-7-12)13-9-15(19)14(18)10-16(13)20/h4-7,9-10,17,21H,3,8H2,1-2H3. The van der Waals surface area contributed by atoms with Crippen molar-refractivity contribution in [1.29, 1.82) is 0 Å². The molecule has 21 heavy (non-hydrogen) atoms. The lowest BCUT2D eigenvalue weighted by Gasteiger charge is -2.20. The van der Waals surface area contributed by atoms with Gasteiger partial charge in [0, 0.05) is 16.1 Å². The van der Waals surface area contributed by atoms with Gasteiger partial charge in [-0.25, -0.2) is 4.39 Å². The first-order valence-electron chi connectivity index (χ1n) is 6.94. The summed E-state index contributed by atoms with van der Waals surface area (Å²) in [5.74, 6) is -0.246. The first-order chi connectivity index (χ1) is 10.0. The fourth-order valence-electron chi connectivity index (χ4n) is 2.30. The zero-order chi connectivity index (χ0) is 15.4. The Bertz CT molecular complexity index is 613. The molecule has 1 unspecified atom stereocenters. The molecule has 1 atom stereocenters. The van der Waals surface area contributed by atoms with Crippen molar-refractivity contribution in [3.8, 4) is 0 Å². The molecule has 0 amide bonds. The Morgan fingerprint density at radius 1 is 1.24 bits per heavy atom. The number of hydrogen-bond donors (Lipinski definition) is 1. The number of nitrogens with one attached hydrogen (secondary N) is 1. The van der Waals surface area contributed by atoms with Crippen LogP contribution in [0.3, 0.4) is 0 Å². The Labute approximate surface area is 138 Å². The molecule has 1 N–H and O–H groups in total. The second-order valence-electron chi connectivity index (χ2n) is 5.09. The van der Waals surface area contributed by atoms with Crippen LogP contribution in [0.25, 0.3) is 0 Å². The van der Waals surface area contributed by atoms with Crippen molar-refractivity contribution in [1.82, 2.24) is 5.32 Å². The van der Waals surface area contributed by atoms with Crippen molar-refractivity contribution >= 4 is 27.5 Å². The van der Waals surface area contributed by atoms with E-state index < -0.39 is 0 Å². The number of likely N-dealkylation sites (N-methyl/N-ethyl adjacent to an activating group) is 1. The zero-order valence-corrected chi connectivity index (χ0v) is 14.4. The Morgan fingerprint density at radius 2 is 1.90 bits per heavy atom. The summed E-state index contributed by atoms with van der Waals surface area (Å²) in [6, 6.07) is 11.3. The lowest BCUT2D eigenvalue weighted by Crippen LogP contribution is -2.24. The Hall–Kier alpha value is -0.900. The first kappa shape index (κ1) is 16.5. The summed E-state index contributed by atoms with van der Waals surface area (Å²) in [5, 5.41) is 3.86. The average Bonchev–Trinajstić information content (AvgIpc) is 2.45. The quantitative estimate of drug-likeness (QED) is 0.691. The van der Waals surface area contributed by atoms with Gasteiger partial charge in [0.1, 0.15) is 5.82 Å². The topological polar surface area (TPSA) is 12.0 Å². The highest BCUT2D eigenvalue weighted by Gasteiger charge is 2.17. The highest BCUT2D eigenvalue weighted by Crippen LogP contribution is 2.30. The molecule has 2 aromatic carbocycles. The summed E-state index contributed by atoms with van der Waals surface area (Å²) in [4.78, 5) is 0. The van der Waals surface area contributed by atoms with Crippen LogP contribution in [-0.4, -0.2) is 6.54 Å². The molecule has 0 aliphatic heterocycles. The zero-order valence-electron chi connectivity index (χ0n) is 12.1. The number of hydrogen-bond acceptors (Lipinski definition) is 1. The number of rotatable bonds is 5. The summed E-state index contributed by atoms with van der Waals surface area (Å²) in [6.07, 6.45) is 0.725. The molecule has 0 bridgehead atoms. The Morgan fingerprint density at radius 3 is 2.52 bits per heavy atom. The van der Waals surface area contributed by atoms with Gasteiger partial charge in [0.2, 0.25) is 0 Å². The van der Waals surface area contributed by atoms with E-state index in [4.69, 9.17) is 11.6 Å². The van der Waals surface area contributed by atoms with Crippen LogP contribution < -0.4 is 5.32 Å². The van der Waals surface area contributed by atoms with Gasteiger partial charge in [-0.2, -0.15) is 0 Å². The van der Waals surface area contributed by atoms with Gasteiger partial charge in [-0.3, -0.25) is 0 Å². The van der Waals surface area contributed by atoms with Crippen LogP contribution >= 0.6 is 27.5 Å². The van der Waals surface area contributed by atoms with E-state index in [1.165, 1.54) is 17.2 Å². The highest BCUT2D eigenvalue weighted by atomic mass is 79.9. The van der Waals surface area contributed by atoms with E-state index in [-0.39, 0.29) is 11.9 Å². The molecule has 0 radical (unpaired) electrons.